The van der Waals surface area contributed by atoms with E-state index in [-0.39, 0.29) is 5.46 Å². The van der Waals surface area contributed by atoms with E-state index in [9.17, 15) is 18.8 Å². The van der Waals surface area contributed by atoms with Crippen LogP contribution in [0.4, 0.5) is 5.00 Å². The van der Waals surface area contributed by atoms with E-state index in [0.29, 0.717) is 5.00 Å². The van der Waals surface area contributed by atoms with Crippen molar-refractivity contribution >= 4 is 40.2 Å². The van der Waals surface area contributed by atoms with Gasteiger partial charge in [0.2, 0.25) is 0 Å². The lowest BCUT2D eigenvalue weighted by molar-refractivity contribution is 0.426. The molecule has 1 aromatic heterocycles. The number of anilines is 1. The first-order chi connectivity index (χ1) is 8.68. The molecular formula is C11H19BNO4S2-. The first-order valence-corrected chi connectivity index (χ1v) is 7.91. The lowest BCUT2D eigenvalue weighted by Crippen LogP contribution is -2.46. The van der Waals surface area contributed by atoms with Crippen LogP contribution in [0, 0.1) is 0 Å². The van der Waals surface area contributed by atoms with Crippen LogP contribution in [0.25, 0.3) is 0 Å². The number of nitrogens with zero attached hydrogens (tertiary/aromatic N) is 1. The standard InChI is InChI=1S/C11H20BNO4S2/c1-5-6-8-7-9(12(14)15)10(18-8)13(19(16)17)11(2,3)4/h7,14-15H,5-6H2,1-4H3,(H,16,17)/p-1. The molecule has 0 aliphatic rings. The molecule has 0 fully saturated rings. The molecule has 1 heterocycles. The maximum Gasteiger partial charge on any atom is 0.491 e. The van der Waals surface area contributed by atoms with Crippen LogP contribution in [0.3, 0.4) is 0 Å². The molecule has 0 saturated heterocycles. The van der Waals surface area contributed by atoms with Gasteiger partial charge in [0.1, 0.15) is 5.00 Å². The van der Waals surface area contributed by atoms with Gasteiger partial charge in [-0.05, 0) is 33.3 Å². The zero-order valence-electron chi connectivity index (χ0n) is 11.5. The minimum Gasteiger partial charge on any atom is -0.755 e. The Kier molecular flexibility index (Phi) is 5.58. The molecule has 0 spiro atoms. The monoisotopic (exact) mass is 304 g/mol. The van der Waals surface area contributed by atoms with E-state index in [2.05, 4.69) is 0 Å². The fourth-order valence-corrected chi connectivity index (χ4v) is 4.12. The van der Waals surface area contributed by atoms with Crippen molar-refractivity contribution in [1.82, 2.24) is 0 Å². The molecule has 1 unspecified atom stereocenters. The molecule has 0 radical (unpaired) electrons. The van der Waals surface area contributed by atoms with Gasteiger partial charge in [-0.25, -0.2) is 0 Å². The van der Waals surface area contributed by atoms with Gasteiger partial charge in [-0.1, -0.05) is 13.3 Å². The highest BCUT2D eigenvalue weighted by atomic mass is 32.2. The highest BCUT2D eigenvalue weighted by Crippen LogP contribution is 2.31. The molecule has 108 valence electrons. The van der Waals surface area contributed by atoms with E-state index in [1.54, 1.807) is 26.8 Å². The minimum absolute atomic E-state index is 0.243. The average molecular weight is 304 g/mol. The number of aryl methyl sites for hydroxylation is 1. The Balaban J connectivity index is 3.32. The first-order valence-electron chi connectivity index (χ1n) is 6.06. The van der Waals surface area contributed by atoms with Crippen LogP contribution in [0.1, 0.15) is 39.0 Å². The lowest BCUT2D eigenvalue weighted by Gasteiger charge is -2.38. The van der Waals surface area contributed by atoms with Gasteiger partial charge in [0.25, 0.3) is 0 Å². The Morgan fingerprint density at radius 2 is 2.05 bits per heavy atom. The Morgan fingerprint density at radius 3 is 2.42 bits per heavy atom. The maximum atomic E-state index is 11.5. The lowest BCUT2D eigenvalue weighted by atomic mass is 9.81. The van der Waals surface area contributed by atoms with Crippen molar-refractivity contribution in [2.24, 2.45) is 0 Å². The fraction of sp³-hybridized carbons (Fsp3) is 0.636. The highest BCUT2D eigenvalue weighted by Gasteiger charge is 2.30. The number of hydrogen-bond donors (Lipinski definition) is 2. The fourth-order valence-electron chi connectivity index (χ4n) is 1.76. The highest BCUT2D eigenvalue weighted by molar-refractivity contribution is 7.81. The topological polar surface area (TPSA) is 83.8 Å². The summed E-state index contributed by atoms with van der Waals surface area (Å²) in [7, 11) is -1.68. The summed E-state index contributed by atoms with van der Waals surface area (Å²) in [6, 6.07) is 1.67. The third kappa shape index (κ3) is 4.03. The minimum atomic E-state index is -2.47. The third-order valence-corrected chi connectivity index (χ3v) is 4.85. The van der Waals surface area contributed by atoms with Gasteiger partial charge in [0.15, 0.2) is 0 Å². The summed E-state index contributed by atoms with van der Waals surface area (Å²) in [6.07, 6.45) is 1.70. The zero-order valence-corrected chi connectivity index (χ0v) is 13.2. The van der Waals surface area contributed by atoms with E-state index in [4.69, 9.17) is 0 Å². The molecule has 0 bridgehead atoms. The van der Waals surface area contributed by atoms with E-state index in [0.717, 1.165) is 17.7 Å². The number of hydrogen-bond acceptors (Lipinski definition) is 5. The molecule has 0 aliphatic heterocycles. The summed E-state index contributed by atoms with van der Waals surface area (Å²) in [6.45, 7) is 7.29. The van der Waals surface area contributed by atoms with E-state index in [1.807, 2.05) is 6.92 Å². The number of thiophene rings is 1. The van der Waals surface area contributed by atoms with Crippen LogP contribution >= 0.6 is 11.3 Å². The molecule has 0 amide bonds. The summed E-state index contributed by atoms with van der Waals surface area (Å²) in [5.41, 5.74) is -0.419. The van der Waals surface area contributed by atoms with Crippen molar-refractivity contribution in [2.45, 2.75) is 46.1 Å². The van der Waals surface area contributed by atoms with E-state index >= 15 is 0 Å². The summed E-state index contributed by atoms with van der Waals surface area (Å²) in [5.74, 6) is 0. The second kappa shape index (κ2) is 6.36. The van der Waals surface area contributed by atoms with Gasteiger partial charge in [0, 0.05) is 27.1 Å². The normalized spacial score (nSPS) is 13.4. The van der Waals surface area contributed by atoms with Crippen LogP contribution in [-0.2, 0) is 17.7 Å². The van der Waals surface area contributed by atoms with Crippen molar-refractivity contribution in [3.8, 4) is 0 Å². The van der Waals surface area contributed by atoms with E-state index in [1.165, 1.54) is 15.6 Å². The Morgan fingerprint density at radius 1 is 1.47 bits per heavy atom. The molecule has 19 heavy (non-hydrogen) atoms. The van der Waals surface area contributed by atoms with Gasteiger partial charge < -0.3 is 14.6 Å². The second-order valence-electron chi connectivity index (χ2n) is 5.28. The Bertz CT molecular complexity index is 456. The van der Waals surface area contributed by atoms with Crippen LogP contribution in [0.5, 0.6) is 0 Å². The summed E-state index contributed by atoms with van der Waals surface area (Å²) in [5, 5.41) is 19.2. The molecule has 2 N–H and O–H groups in total. The van der Waals surface area contributed by atoms with Crippen LogP contribution in [-0.4, -0.2) is 31.5 Å². The van der Waals surface area contributed by atoms with Crippen LogP contribution < -0.4 is 9.77 Å². The summed E-state index contributed by atoms with van der Waals surface area (Å²) >= 11 is -1.18. The smallest absolute Gasteiger partial charge is 0.491 e. The second-order valence-corrected chi connectivity index (χ2v) is 7.19. The van der Waals surface area contributed by atoms with Crippen LogP contribution in [0.15, 0.2) is 6.07 Å². The maximum absolute atomic E-state index is 11.5. The molecule has 1 atom stereocenters. The molecular weight excluding hydrogens is 285 g/mol. The van der Waals surface area contributed by atoms with Crippen molar-refractivity contribution < 1.29 is 18.8 Å². The Labute approximate surface area is 120 Å². The SMILES string of the molecule is CCCc1cc(B(O)O)c(N(S(=O)[O-])C(C)(C)C)s1. The van der Waals surface area contributed by atoms with Gasteiger partial charge >= 0.3 is 7.12 Å². The molecule has 1 rings (SSSR count). The summed E-state index contributed by atoms with van der Waals surface area (Å²) < 4.78 is 24.1. The third-order valence-electron chi connectivity index (χ3n) is 2.51. The van der Waals surface area contributed by atoms with Gasteiger partial charge in [-0.3, -0.25) is 8.51 Å². The molecule has 0 aliphatic carbocycles. The molecule has 5 nitrogen and oxygen atoms in total. The molecule has 8 heteroatoms. The summed E-state index contributed by atoms with van der Waals surface area (Å²) in [4.78, 5) is 0.945. The van der Waals surface area contributed by atoms with Gasteiger partial charge in [-0.15, -0.1) is 11.3 Å². The predicted molar refractivity (Wildman–Crippen MR) is 79.3 cm³/mol. The van der Waals surface area contributed by atoms with Crippen molar-refractivity contribution in [2.75, 3.05) is 4.31 Å². The number of rotatable bonds is 5. The largest absolute Gasteiger partial charge is 0.755 e. The predicted octanol–water partition coefficient (Wildman–Crippen LogP) is 0.779. The Hall–Kier alpha value is -0.405. The quantitative estimate of drug-likeness (QED) is 0.622. The first kappa shape index (κ1) is 16.6. The van der Waals surface area contributed by atoms with Crippen molar-refractivity contribution in [1.29, 1.82) is 0 Å². The van der Waals surface area contributed by atoms with Crippen molar-refractivity contribution in [3.05, 3.63) is 10.9 Å². The van der Waals surface area contributed by atoms with Gasteiger partial charge in [-0.2, -0.15) is 0 Å². The molecule has 0 aromatic carbocycles. The zero-order chi connectivity index (χ0) is 14.8. The van der Waals surface area contributed by atoms with Crippen LogP contribution in [0.2, 0.25) is 0 Å². The van der Waals surface area contributed by atoms with Crippen molar-refractivity contribution in [3.63, 3.8) is 0 Å². The van der Waals surface area contributed by atoms with Gasteiger partial charge in [0.05, 0.1) is 0 Å². The molecule has 1 aromatic rings. The molecule has 0 saturated carbocycles. The average Bonchev–Trinajstić information content (AvgIpc) is 2.59. The van der Waals surface area contributed by atoms with E-state index < -0.39 is 23.9 Å².